The van der Waals surface area contributed by atoms with Gasteiger partial charge in [-0.25, -0.2) is 14.3 Å². The molecule has 2 aromatic heterocycles. The van der Waals surface area contributed by atoms with Crippen LogP contribution in [0.5, 0.6) is 5.75 Å². The van der Waals surface area contributed by atoms with Crippen molar-refractivity contribution in [2.45, 2.75) is 25.9 Å². The Bertz CT molecular complexity index is 1490. The molecule has 0 bridgehead atoms. The SMILES string of the molecule is CCOC(=O)c1ccc(-c2cn3nc(-c4ccc(OC5CCN(c6ccccc6)CC5)cc4)sc3n2)cc1. The Balaban J connectivity index is 1.08. The van der Waals surface area contributed by atoms with Crippen molar-refractivity contribution in [3.63, 3.8) is 0 Å². The maximum atomic E-state index is 11.9. The van der Waals surface area contributed by atoms with Gasteiger partial charge in [-0.2, -0.15) is 5.10 Å². The lowest BCUT2D eigenvalue weighted by Gasteiger charge is -2.33. The van der Waals surface area contributed by atoms with Crippen LogP contribution in [-0.2, 0) is 4.74 Å². The zero-order chi connectivity index (χ0) is 25.9. The molecule has 192 valence electrons. The summed E-state index contributed by atoms with van der Waals surface area (Å²) in [5, 5.41) is 5.64. The number of benzene rings is 3. The fourth-order valence-electron chi connectivity index (χ4n) is 4.69. The lowest BCUT2D eigenvalue weighted by molar-refractivity contribution is 0.0526. The summed E-state index contributed by atoms with van der Waals surface area (Å²) in [7, 11) is 0. The first-order valence-corrected chi connectivity index (χ1v) is 13.7. The van der Waals surface area contributed by atoms with Crippen molar-refractivity contribution in [1.82, 2.24) is 14.6 Å². The van der Waals surface area contributed by atoms with Gasteiger partial charge in [-0.05, 0) is 55.5 Å². The summed E-state index contributed by atoms with van der Waals surface area (Å²) in [5.74, 6) is 0.572. The molecule has 1 saturated heterocycles. The largest absolute Gasteiger partial charge is 0.490 e. The molecule has 0 unspecified atom stereocenters. The van der Waals surface area contributed by atoms with Gasteiger partial charge in [0, 0.05) is 42.7 Å². The highest BCUT2D eigenvalue weighted by atomic mass is 32.1. The van der Waals surface area contributed by atoms with Gasteiger partial charge in [0.05, 0.1) is 24.1 Å². The molecule has 5 aromatic rings. The molecule has 0 aliphatic carbocycles. The Morgan fingerprint density at radius 3 is 2.34 bits per heavy atom. The Labute approximate surface area is 225 Å². The predicted molar refractivity (Wildman–Crippen MR) is 150 cm³/mol. The number of carbonyl (C=O) groups excluding carboxylic acids is 1. The Morgan fingerprint density at radius 2 is 1.66 bits per heavy atom. The quantitative estimate of drug-likeness (QED) is 0.231. The number of esters is 1. The minimum absolute atomic E-state index is 0.230. The lowest BCUT2D eigenvalue weighted by atomic mass is 10.1. The number of nitrogens with zero attached hydrogens (tertiary/aromatic N) is 4. The molecule has 0 N–H and O–H groups in total. The summed E-state index contributed by atoms with van der Waals surface area (Å²) in [6, 6.07) is 26.0. The number of carbonyl (C=O) groups is 1. The van der Waals surface area contributed by atoms with Crippen molar-refractivity contribution in [3.05, 3.63) is 90.6 Å². The topological polar surface area (TPSA) is 69.0 Å². The van der Waals surface area contributed by atoms with E-state index in [1.54, 1.807) is 34.9 Å². The van der Waals surface area contributed by atoms with Crippen LogP contribution in [0.2, 0.25) is 0 Å². The molecule has 0 amide bonds. The number of aromatic nitrogens is 3. The van der Waals surface area contributed by atoms with Gasteiger partial charge in [-0.15, -0.1) is 0 Å². The van der Waals surface area contributed by atoms with E-state index < -0.39 is 0 Å². The molecule has 0 spiro atoms. The summed E-state index contributed by atoms with van der Waals surface area (Å²) < 4.78 is 13.1. The minimum atomic E-state index is -0.318. The predicted octanol–water partition coefficient (Wildman–Crippen LogP) is 6.35. The van der Waals surface area contributed by atoms with Crippen LogP contribution < -0.4 is 9.64 Å². The number of imidazole rings is 1. The zero-order valence-corrected chi connectivity index (χ0v) is 21.9. The van der Waals surface area contributed by atoms with Gasteiger partial charge < -0.3 is 14.4 Å². The molecule has 1 fully saturated rings. The second-order valence-corrected chi connectivity index (χ2v) is 10.2. The van der Waals surface area contributed by atoms with Crippen molar-refractivity contribution in [1.29, 1.82) is 0 Å². The average molecular weight is 525 g/mol. The number of para-hydroxylation sites is 1. The maximum absolute atomic E-state index is 11.9. The third-order valence-electron chi connectivity index (χ3n) is 6.70. The van der Waals surface area contributed by atoms with Gasteiger partial charge >= 0.3 is 5.97 Å². The third-order valence-corrected chi connectivity index (χ3v) is 7.67. The van der Waals surface area contributed by atoms with E-state index in [4.69, 9.17) is 19.6 Å². The zero-order valence-electron chi connectivity index (χ0n) is 21.1. The summed E-state index contributed by atoms with van der Waals surface area (Å²) in [6.45, 7) is 4.16. The second-order valence-electron chi connectivity index (χ2n) is 9.22. The van der Waals surface area contributed by atoms with E-state index in [1.807, 2.05) is 30.5 Å². The van der Waals surface area contributed by atoms with Crippen LogP contribution in [0.1, 0.15) is 30.1 Å². The van der Waals surface area contributed by atoms with Crippen molar-refractivity contribution in [3.8, 4) is 27.6 Å². The van der Waals surface area contributed by atoms with Gasteiger partial charge in [0.1, 0.15) is 16.9 Å². The van der Waals surface area contributed by atoms with Crippen molar-refractivity contribution in [2.75, 3.05) is 24.6 Å². The Morgan fingerprint density at radius 1 is 0.947 bits per heavy atom. The number of ether oxygens (including phenoxy) is 2. The van der Waals surface area contributed by atoms with Crippen molar-refractivity contribution >= 4 is 28.0 Å². The van der Waals surface area contributed by atoms with E-state index in [1.165, 1.54) is 5.69 Å². The van der Waals surface area contributed by atoms with E-state index >= 15 is 0 Å². The van der Waals surface area contributed by atoms with Gasteiger partial charge in [0.2, 0.25) is 4.96 Å². The maximum Gasteiger partial charge on any atom is 0.338 e. The fraction of sp³-hybridized carbons (Fsp3) is 0.233. The standard InChI is InChI=1S/C30H28N4O3S/c1-2-36-29(35)23-10-8-21(9-11-23)27-20-34-30(31-27)38-28(32-34)22-12-14-25(15-13-22)37-26-16-18-33(19-17-26)24-6-4-3-5-7-24/h3-15,20,26H,2,16-19H2,1H3. The molecule has 6 rings (SSSR count). The molecular weight excluding hydrogens is 496 g/mol. The highest BCUT2D eigenvalue weighted by molar-refractivity contribution is 7.19. The molecule has 7 nitrogen and oxygen atoms in total. The fourth-order valence-corrected chi connectivity index (χ4v) is 5.57. The van der Waals surface area contributed by atoms with Crippen molar-refractivity contribution < 1.29 is 14.3 Å². The minimum Gasteiger partial charge on any atom is -0.490 e. The summed E-state index contributed by atoms with van der Waals surface area (Å²) in [6.07, 6.45) is 4.16. The first kappa shape index (κ1) is 24.2. The van der Waals surface area contributed by atoms with Gasteiger partial charge in [0.15, 0.2) is 0 Å². The lowest BCUT2D eigenvalue weighted by Crippen LogP contribution is -2.38. The van der Waals surface area contributed by atoms with Crippen LogP contribution in [0.15, 0.2) is 85.1 Å². The van der Waals surface area contributed by atoms with E-state index in [9.17, 15) is 4.79 Å². The van der Waals surface area contributed by atoms with E-state index in [0.717, 1.165) is 58.5 Å². The third kappa shape index (κ3) is 5.13. The van der Waals surface area contributed by atoms with Crippen LogP contribution in [0.25, 0.3) is 26.8 Å². The number of anilines is 1. The molecule has 0 saturated carbocycles. The molecule has 1 aliphatic rings. The number of hydrogen-bond donors (Lipinski definition) is 0. The highest BCUT2D eigenvalue weighted by Crippen LogP contribution is 2.30. The molecule has 1 aliphatic heterocycles. The molecule has 0 atom stereocenters. The van der Waals surface area contributed by atoms with Crippen LogP contribution >= 0.6 is 11.3 Å². The molecule has 3 aromatic carbocycles. The van der Waals surface area contributed by atoms with E-state index in [-0.39, 0.29) is 12.1 Å². The average Bonchev–Trinajstić information content (AvgIpc) is 3.55. The second kappa shape index (κ2) is 10.7. The van der Waals surface area contributed by atoms with E-state index in [0.29, 0.717) is 12.2 Å². The first-order chi connectivity index (χ1) is 18.7. The van der Waals surface area contributed by atoms with Gasteiger partial charge in [-0.1, -0.05) is 41.7 Å². The van der Waals surface area contributed by atoms with Crippen molar-refractivity contribution in [2.24, 2.45) is 0 Å². The first-order valence-electron chi connectivity index (χ1n) is 12.9. The Kier molecular flexibility index (Phi) is 6.79. The summed E-state index contributed by atoms with van der Waals surface area (Å²) in [4.78, 5) is 19.9. The Hall–Kier alpha value is -4.17. The molecule has 3 heterocycles. The summed E-state index contributed by atoms with van der Waals surface area (Å²) >= 11 is 1.54. The molecular formula is C30H28N4O3S. The van der Waals surface area contributed by atoms with E-state index in [2.05, 4.69) is 47.4 Å². The van der Waals surface area contributed by atoms with Crippen LogP contribution in [0.4, 0.5) is 5.69 Å². The highest BCUT2D eigenvalue weighted by Gasteiger charge is 2.21. The summed E-state index contributed by atoms with van der Waals surface area (Å²) in [5.41, 5.74) is 4.58. The van der Waals surface area contributed by atoms with Gasteiger partial charge in [0.25, 0.3) is 0 Å². The van der Waals surface area contributed by atoms with Crippen LogP contribution in [-0.4, -0.2) is 46.4 Å². The molecule has 38 heavy (non-hydrogen) atoms. The number of piperidine rings is 1. The number of fused-ring (bicyclic) bond motifs is 1. The van der Waals surface area contributed by atoms with Crippen LogP contribution in [0, 0.1) is 0 Å². The number of hydrogen-bond acceptors (Lipinski definition) is 7. The monoisotopic (exact) mass is 524 g/mol. The normalized spacial score (nSPS) is 14.1. The molecule has 0 radical (unpaired) electrons. The smallest absolute Gasteiger partial charge is 0.338 e. The molecule has 8 heteroatoms. The van der Waals surface area contributed by atoms with Gasteiger partial charge in [-0.3, -0.25) is 0 Å². The number of rotatable bonds is 7. The van der Waals surface area contributed by atoms with Crippen LogP contribution in [0.3, 0.4) is 0 Å².